The number of nitrogens with zero attached hydrogens (tertiary/aromatic N) is 5. The van der Waals surface area contributed by atoms with E-state index in [-0.39, 0.29) is 18.2 Å². The van der Waals surface area contributed by atoms with Crippen molar-refractivity contribution in [1.82, 2.24) is 19.8 Å². The van der Waals surface area contributed by atoms with Crippen molar-refractivity contribution >= 4 is 11.9 Å². The van der Waals surface area contributed by atoms with E-state index >= 15 is 0 Å². The van der Waals surface area contributed by atoms with Crippen molar-refractivity contribution in [3.63, 3.8) is 0 Å². The zero-order valence-corrected chi connectivity index (χ0v) is 16.6. The molecule has 0 aromatic carbocycles. The number of aromatic nitrogens is 2. The number of hydrogen-bond acceptors (Lipinski definition) is 6. The van der Waals surface area contributed by atoms with E-state index in [0.717, 1.165) is 38.2 Å². The quantitative estimate of drug-likeness (QED) is 0.797. The third-order valence-electron chi connectivity index (χ3n) is 7.17. The lowest BCUT2D eigenvalue weighted by Crippen LogP contribution is -2.56. The summed E-state index contributed by atoms with van der Waals surface area (Å²) < 4.78 is 6.02. The summed E-state index contributed by atoms with van der Waals surface area (Å²) in [7, 11) is 0. The Bertz CT molecular complexity index is 673. The Hall–Kier alpha value is -1.89. The second-order valence-electron chi connectivity index (χ2n) is 8.70. The van der Waals surface area contributed by atoms with Crippen molar-refractivity contribution in [2.24, 2.45) is 0 Å². The first-order valence-corrected chi connectivity index (χ1v) is 11.1. The van der Waals surface area contributed by atoms with Gasteiger partial charge in [-0.3, -0.25) is 9.80 Å². The van der Waals surface area contributed by atoms with E-state index in [4.69, 9.17) is 4.74 Å². The average molecular weight is 386 g/mol. The van der Waals surface area contributed by atoms with Crippen LogP contribution >= 0.6 is 0 Å². The van der Waals surface area contributed by atoms with Crippen LogP contribution in [-0.2, 0) is 4.74 Å². The highest BCUT2D eigenvalue weighted by Crippen LogP contribution is 2.38. The van der Waals surface area contributed by atoms with Crippen LogP contribution in [0.1, 0.15) is 51.4 Å². The maximum absolute atomic E-state index is 12.9. The molecule has 0 bridgehead atoms. The van der Waals surface area contributed by atoms with Gasteiger partial charge in [0.15, 0.2) is 0 Å². The highest BCUT2D eigenvalue weighted by molar-refractivity contribution is 5.71. The Kier molecular flexibility index (Phi) is 5.09. The number of amides is 1. The van der Waals surface area contributed by atoms with Crippen LogP contribution in [0.25, 0.3) is 0 Å². The van der Waals surface area contributed by atoms with Gasteiger partial charge in [0.1, 0.15) is 18.2 Å². The largest absolute Gasteiger partial charge is 0.442 e. The van der Waals surface area contributed by atoms with Crippen LogP contribution in [-0.4, -0.2) is 76.3 Å². The summed E-state index contributed by atoms with van der Waals surface area (Å²) in [5.74, 6) is 0.984. The highest BCUT2D eigenvalue weighted by Gasteiger charge is 2.51. The molecule has 7 heteroatoms. The molecule has 4 fully saturated rings. The van der Waals surface area contributed by atoms with Gasteiger partial charge in [0, 0.05) is 31.4 Å². The van der Waals surface area contributed by atoms with Crippen LogP contribution in [0.4, 0.5) is 10.6 Å². The molecule has 5 rings (SSSR count). The number of likely N-dealkylation sites (tertiary alicyclic amines) is 1. The molecule has 0 N–H and O–H groups in total. The minimum Gasteiger partial charge on any atom is -0.442 e. The predicted molar refractivity (Wildman–Crippen MR) is 106 cm³/mol. The summed E-state index contributed by atoms with van der Waals surface area (Å²) in [6.07, 6.45) is 12.7. The topological polar surface area (TPSA) is 61.8 Å². The Morgan fingerprint density at radius 3 is 2.46 bits per heavy atom. The molecule has 3 saturated heterocycles. The SMILES string of the molecule is O=C1OC2C(N3CCCCC3)CCCC2N1C1CCN(c2ccncn2)CC1. The van der Waals surface area contributed by atoms with E-state index in [0.29, 0.717) is 12.1 Å². The van der Waals surface area contributed by atoms with Crippen LogP contribution in [0, 0.1) is 0 Å². The Morgan fingerprint density at radius 2 is 1.71 bits per heavy atom. The molecule has 1 aromatic rings. The Morgan fingerprint density at radius 1 is 0.929 bits per heavy atom. The number of anilines is 1. The van der Waals surface area contributed by atoms with Crippen LogP contribution in [0.5, 0.6) is 0 Å². The number of hydrogen-bond donors (Lipinski definition) is 0. The standard InChI is InChI=1S/C21H31N5O2/c27-21-26(16-8-13-25(14-9-16)19-7-10-22-15-23-19)18-6-4-5-17(20(18)28-21)24-11-2-1-3-12-24/h7,10,15-18,20H,1-6,8-9,11-14H2. The number of carbonyl (C=O) groups is 1. The summed E-state index contributed by atoms with van der Waals surface area (Å²) in [4.78, 5) is 28.3. The van der Waals surface area contributed by atoms with Gasteiger partial charge in [-0.25, -0.2) is 14.8 Å². The molecule has 1 saturated carbocycles. The van der Waals surface area contributed by atoms with Gasteiger partial charge in [-0.05, 0) is 64.1 Å². The molecule has 28 heavy (non-hydrogen) atoms. The number of piperidine rings is 2. The van der Waals surface area contributed by atoms with E-state index in [1.54, 1.807) is 12.5 Å². The van der Waals surface area contributed by atoms with E-state index < -0.39 is 0 Å². The normalized spacial score (nSPS) is 32.3. The van der Waals surface area contributed by atoms with Crippen molar-refractivity contribution in [2.45, 2.75) is 75.6 Å². The van der Waals surface area contributed by atoms with Crippen molar-refractivity contribution in [2.75, 3.05) is 31.1 Å². The summed E-state index contributed by atoms with van der Waals surface area (Å²) in [6, 6.07) is 2.95. The van der Waals surface area contributed by atoms with Crippen molar-refractivity contribution in [1.29, 1.82) is 0 Å². The number of ether oxygens (including phenoxy) is 1. The molecule has 4 heterocycles. The van der Waals surface area contributed by atoms with Gasteiger partial charge in [0.05, 0.1) is 6.04 Å². The number of rotatable bonds is 3. The Labute approximate surface area is 167 Å². The van der Waals surface area contributed by atoms with Gasteiger partial charge in [0.25, 0.3) is 0 Å². The molecular formula is C21H31N5O2. The van der Waals surface area contributed by atoms with Crippen LogP contribution < -0.4 is 4.90 Å². The van der Waals surface area contributed by atoms with Gasteiger partial charge in [-0.2, -0.15) is 0 Å². The van der Waals surface area contributed by atoms with Crippen molar-refractivity contribution in [3.8, 4) is 0 Å². The molecule has 1 aromatic heterocycles. The van der Waals surface area contributed by atoms with Crippen molar-refractivity contribution < 1.29 is 9.53 Å². The van der Waals surface area contributed by atoms with Crippen LogP contribution in [0.3, 0.4) is 0 Å². The summed E-state index contributed by atoms with van der Waals surface area (Å²) in [5, 5.41) is 0. The first-order chi connectivity index (χ1) is 13.8. The van der Waals surface area contributed by atoms with Gasteiger partial charge in [0.2, 0.25) is 0 Å². The summed E-state index contributed by atoms with van der Waals surface area (Å²) in [6.45, 7) is 4.20. The Balaban J connectivity index is 1.25. The number of carbonyl (C=O) groups excluding carboxylic acids is 1. The van der Waals surface area contributed by atoms with Crippen molar-refractivity contribution in [3.05, 3.63) is 18.6 Å². The van der Waals surface area contributed by atoms with Crippen LogP contribution in [0.15, 0.2) is 18.6 Å². The molecule has 1 amide bonds. The smallest absolute Gasteiger partial charge is 0.410 e. The summed E-state index contributed by atoms with van der Waals surface area (Å²) >= 11 is 0. The maximum Gasteiger partial charge on any atom is 0.410 e. The zero-order chi connectivity index (χ0) is 18.9. The molecule has 0 spiro atoms. The molecule has 4 aliphatic rings. The first kappa shape index (κ1) is 18.2. The monoisotopic (exact) mass is 385 g/mol. The second-order valence-corrected chi connectivity index (χ2v) is 8.70. The van der Waals surface area contributed by atoms with Gasteiger partial charge in [-0.1, -0.05) is 6.42 Å². The van der Waals surface area contributed by atoms with Gasteiger partial charge < -0.3 is 9.64 Å². The fourth-order valence-corrected chi connectivity index (χ4v) is 5.79. The fraction of sp³-hybridized carbons (Fsp3) is 0.762. The lowest BCUT2D eigenvalue weighted by atomic mass is 9.85. The van der Waals surface area contributed by atoms with Gasteiger partial charge >= 0.3 is 6.09 Å². The average Bonchev–Trinajstić information content (AvgIpc) is 3.11. The van der Waals surface area contributed by atoms with E-state index in [9.17, 15) is 4.79 Å². The van der Waals surface area contributed by atoms with Gasteiger partial charge in [-0.15, -0.1) is 0 Å². The van der Waals surface area contributed by atoms with Crippen LogP contribution in [0.2, 0.25) is 0 Å². The third-order valence-corrected chi connectivity index (χ3v) is 7.17. The molecule has 3 atom stereocenters. The molecule has 7 nitrogen and oxygen atoms in total. The fourth-order valence-electron chi connectivity index (χ4n) is 5.79. The second kappa shape index (κ2) is 7.85. The first-order valence-electron chi connectivity index (χ1n) is 11.1. The van der Waals surface area contributed by atoms with E-state index in [2.05, 4.69) is 24.7 Å². The zero-order valence-electron chi connectivity index (χ0n) is 16.6. The minimum absolute atomic E-state index is 0.0687. The molecule has 0 radical (unpaired) electrons. The van der Waals surface area contributed by atoms with E-state index in [1.165, 1.54) is 45.2 Å². The molecule has 3 unspecified atom stereocenters. The molecule has 3 aliphatic heterocycles. The maximum atomic E-state index is 12.9. The molecule has 1 aliphatic carbocycles. The number of fused-ring (bicyclic) bond motifs is 1. The lowest BCUT2D eigenvalue weighted by molar-refractivity contribution is 0.0100. The van der Waals surface area contributed by atoms with E-state index in [1.807, 2.05) is 6.07 Å². The molecular weight excluding hydrogens is 354 g/mol. The third kappa shape index (κ3) is 3.34. The molecule has 152 valence electrons. The lowest BCUT2D eigenvalue weighted by Gasteiger charge is -2.44. The highest BCUT2D eigenvalue weighted by atomic mass is 16.6. The minimum atomic E-state index is -0.0700. The summed E-state index contributed by atoms with van der Waals surface area (Å²) in [5.41, 5.74) is 0. The predicted octanol–water partition coefficient (Wildman–Crippen LogP) is 2.67.